The van der Waals surface area contributed by atoms with E-state index in [4.69, 9.17) is 11.6 Å². The number of anilines is 1. The fraction of sp³-hybridized carbons (Fsp3) is 0.316. The van der Waals surface area contributed by atoms with Gasteiger partial charge in [-0.3, -0.25) is 4.98 Å². The molecule has 1 aliphatic carbocycles. The molecule has 25 heavy (non-hydrogen) atoms. The third-order valence-electron chi connectivity index (χ3n) is 4.91. The molecule has 0 radical (unpaired) electrons. The van der Waals surface area contributed by atoms with Gasteiger partial charge in [0.25, 0.3) is 0 Å². The molecule has 1 fully saturated rings. The van der Waals surface area contributed by atoms with E-state index in [2.05, 4.69) is 11.1 Å². The molecule has 5 nitrogen and oxygen atoms in total. The molecule has 0 unspecified atom stereocenters. The van der Waals surface area contributed by atoms with Crippen molar-refractivity contribution in [1.29, 1.82) is 5.26 Å². The minimum atomic E-state index is -0.944. The van der Waals surface area contributed by atoms with Gasteiger partial charge in [-0.2, -0.15) is 5.26 Å². The molecule has 1 aromatic heterocycles. The van der Waals surface area contributed by atoms with Gasteiger partial charge in [-0.05, 0) is 53.6 Å². The quantitative estimate of drug-likeness (QED) is 0.906. The number of carbonyl (C=O) groups is 1. The van der Waals surface area contributed by atoms with Crippen LogP contribution in [0.5, 0.6) is 0 Å². The Kier molecular flexibility index (Phi) is 3.85. The monoisotopic (exact) mass is 353 g/mol. The van der Waals surface area contributed by atoms with E-state index in [1.165, 1.54) is 0 Å². The van der Waals surface area contributed by atoms with Crippen molar-refractivity contribution >= 4 is 23.3 Å². The standard InChI is InChI=1S/C19H16ClN3O2/c20-15-6-13(11-1-2-11)5-14(7-15)17(9-21)23-16(19(24)25)8-12-3-4-22-10-18(12)23/h3-7,10-11,16-17H,1-2,8H2,(H,24,25)/t16-,17+/m0/s1. The summed E-state index contributed by atoms with van der Waals surface area (Å²) in [4.78, 5) is 17.6. The van der Waals surface area contributed by atoms with Crippen LogP contribution in [0.25, 0.3) is 0 Å². The van der Waals surface area contributed by atoms with E-state index in [1.807, 2.05) is 18.2 Å². The highest BCUT2D eigenvalue weighted by molar-refractivity contribution is 6.30. The lowest BCUT2D eigenvalue weighted by atomic mass is 10.0. The van der Waals surface area contributed by atoms with Crippen LogP contribution in [0.4, 0.5) is 5.69 Å². The highest BCUT2D eigenvalue weighted by Crippen LogP contribution is 2.43. The highest BCUT2D eigenvalue weighted by Gasteiger charge is 2.40. The Balaban J connectivity index is 1.80. The summed E-state index contributed by atoms with van der Waals surface area (Å²) in [7, 11) is 0. The Morgan fingerprint density at radius 1 is 1.40 bits per heavy atom. The number of aromatic nitrogens is 1. The molecule has 2 aromatic rings. The van der Waals surface area contributed by atoms with Crippen LogP contribution in [0.2, 0.25) is 5.02 Å². The second kappa shape index (κ2) is 6.05. The second-order valence-electron chi connectivity index (χ2n) is 6.59. The van der Waals surface area contributed by atoms with Crippen molar-refractivity contribution in [2.75, 3.05) is 4.90 Å². The molecule has 0 bridgehead atoms. The first-order valence-corrected chi connectivity index (χ1v) is 8.60. The maximum atomic E-state index is 11.8. The number of benzene rings is 1. The summed E-state index contributed by atoms with van der Waals surface area (Å²) in [6.07, 6.45) is 5.90. The molecule has 0 saturated heterocycles. The third kappa shape index (κ3) is 2.83. The summed E-state index contributed by atoms with van der Waals surface area (Å²) in [5, 5.41) is 20.1. The van der Waals surface area contributed by atoms with Crippen LogP contribution in [-0.4, -0.2) is 22.1 Å². The van der Waals surface area contributed by atoms with Gasteiger partial charge in [0.15, 0.2) is 0 Å². The Morgan fingerprint density at radius 2 is 2.20 bits per heavy atom. The first kappa shape index (κ1) is 15.9. The summed E-state index contributed by atoms with van der Waals surface area (Å²) >= 11 is 6.27. The number of carboxylic acids is 1. The van der Waals surface area contributed by atoms with Crippen LogP contribution in [0.15, 0.2) is 36.7 Å². The van der Waals surface area contributed by atoms with Crippen molar-refractivity contribution in [3.8, 4) is 6.07 Å². The van der Waals surface area contributed by atoms with E-state index in [0.717, 1.165) is 29.5 Å². The van der Waals surface area contributed by atoms with Crippen molar-refractivity contribution in [2.45, 2.75) is 37.3 Å². The predicted molar refractivity (Wildman–Crippen MR) is 93.6 cm³/mol. The molecule has 0 spiro atoms. The normalized spacial score (nSPS) is 20.0. The summed E-state index contributed by atoms with van der Waals surface area (Å²) < 4.78 is 0. The number of rotatable bonds is 4. The molecule has 2 heterocycles. The molecule has 2 aliphatic rings. The molecule has 6 heteroatoms. The largest absolute Gasteiger partial charge is 0.480 e. The van der Waals surface area contributed by atoms with E-state index in [9.17, 15) is 15.2 Å². The molecule has 2 atom stereocenters. The molecular weight excluding hydrogens is 338 g/mol. The Hall–Kier alpha value is -2.58. The smallest absolute Gasteiger partial charge is 0.326 e. The summed E-state index contributed by atoms with van der Waals surface area (Å²) in [5.41, 5.74) is 3.46. The molecule has 1 N–H and O–H groups in total. The molecular formula is C19H16ClN3O2. The van der Waals surface area contributed by atoms with Gasteiger partial charge in [0.05, 0.1) is 18.0 Å². The van der Waals surface area contributed by atoms with Crippen molar-refractivity contribution in [3.63, 3.8) is 0 Å². The van der Waals surface area contributed by atoms with E-state index >= 15 is 0 Å². The molecule has 1 aromatic carbocycles. The molecule has 4 rings (SSSR count). The predicted octanol–water partition coefficient (Wildman–Crippen LogP) is 3.69. The molecule has 0 amide bonds. The zero-order chi connectivity index (χ0) is 17.6. The van der Waals surface area contributed by atoms with Crippen molar-refractivity contribution < 1.29 is 9.90 Å². The Bertz CT molecular complexity index is 888. The van der Waals surface area contributed by atoms with Crippen LogP contribution >= 0.6 is 11.6 Å². The zero-order valence-electron chi connectivity index (χ0n) is 13.4. The van der Waals surface area contributed by atoms with E-state index in [1.54, 1.807) is 23.4 Å². The average Bonchev–Trinajstić information content (AvgIpc) is 3.37. The number of pyridine rings is 1. The fourth-order valence-corrected chi connectivity index (χ4v) is 3.82. The maximum absolute atomic E-state index is 11.8. The average molecular weight is 354 g/mol. The molecule has 126 valence electrons. The minimum Gasteiger partial charge on any atom is -0.480 e. The number of carboxylic acid groups (broad SMARTS) is 1. The fourth-order valence-electron chi connectivity index (χ4n) is 3.56. The van der Waals surface area contributed by atoms with Crippen LogP contribution < -0.4 is 4.90 Å². The van der Waals surface area contributed by atoms with Crippen molar-refractivity contribution in [3.05, 3.63) is 58.4 Å². The topological polar surface area (TPSA) is 77.2 Å². The lowest BCUT2D eigenvalue weighted by Crippen LogP contribution is -2.40. The Morgan fingerprint density at radius 3 is 2.88 bits per heavy atom. The molecule has 1 saturated carbocycles. The van der Waals surface area contributed by atoms with E-state index in [0.29, 0.717) is 23.0 Å². The Labute approximate surface area is 150 Å². The van der Waals surface area contributed by atoms with Gasteiger partial charge in [-0.1, -0.05) is 17.7 Å². The maximum Gasteiger partial charge on any atom is 0.326 e. The van der Waals surface area contributed by atoms with Crippen LogP contribution in [-0.2, 0) is 11.2 Å². The minimum absolute atomic E-state index is 0.363. The second-order valence-corrected chi connectivity index (χ2v) is 7.03. The summed E-state index contributed by atoms with van der Waals surface area (Å²) in [5.74, 6) is -0.444. The van der Waals surface area contributed by atoms with Gasteiger partial charge in [-0.25, -0.2) is 4.79 Å². The van der Waals surface area contributed by atoms with E-state index in [-0.39, 0.29) is 0 Å². The number of hydrogen-bond donors (Lipinski definition) is 1. The third-order valence-corrected chi connectivity index (χ3v) is 5.13. The van der Waals surface area contributed by atoms with Crippen LogP contribution in [0.3, 0.4) is 0 Å². The SMILES string of the molecule is N#C[C@H](c1cc(Cl)cc(C2CC2)c1)N1c2cnccc2C[C@H]1C(=O)O. The van der Waals surface area contributed by atoms with E-state index < -0.39 is 18.1 Å². The number of nitrogens with zero attached hydrogens (tertiary/aromatic N) is 3. The first-order chi connectivity index (χ1) is 12.1. The van der Waals surface area contributed by atoms with Crippen LogP contribution in [0.1, 0.15) is 41.5 Å². The zero-order valence-corrected chi connectivity index (χ0v) is 14.1. The molecule has 1 aliphatic heterocycles. The number of aliphatic carboxylic acids is 1. The van der Waals surface area contributed by atoms with Gasteiger partial charge in [0, 0.05) is 17.6 Å². The number of nitriles is 1. The van der Waals surface area contributed by atoms with Gasteiger partial charge in [-0.15, -0.1) is 0 Å². The lowest BCUT2D eigenvalue weighted by Gasteiger charge is -2.29. The highest BCUT2D eigenvalue weighted by atomic mass is 35.5. The van der Waals surface area contributed by atoms with Crippen LogP contribution in [0, 0.1) is 11.3 Å². The number of halogens is 1. The van der Waals surface area contributed by atoms with Gasteiger partial charge in [0.1, 0.15) is 12.1 Å². The lowest BCUT2D eigenvalue weighted by molar-refractivity contribution is -0.138. The van der Waals surface area contributed by atoms with Crippen molar-refractivity contribution in [1.82, 2.24) is 4.98 Å². The summed E-state index contributed by atoms with van der Waals surface area (Å²) in [6, 6.07) is 8.27. The van der Waals surface area contributed by atoms with Gasteiger partial charge < -0.3 is 10.0 Å². The first-order valence-electron chi connectivity index (χ1n) is 8.22. The van der Waals surface area contributed by atoms with Gasteiger partial charge in [0.2, 0.25) is 0 Å². The number of hydrogen-bond acceptors (Lipinski definition) is 4. The summed E-state index contributed by atoms with van der Waals surface area (Å²) in [6.45, 7) is 0. The van der Waals surface area contributed by atoms with Gasteiger partial charge >= 0.3 is 5.97 Å². The number of fused-ring (bicyclic) bond motifs is 1. The van der Waals surface area contributed by atoms with Crippen molar-refractivity contribution in [2.24, 2.45) is 0 Å².